The number of amides is 1. The Bertz CT molecular complexity index is 1130. The van der Waals surface area contributed by atoms with Gasteiger partial charge >= 0.3 is 6.36 Å². The molecule has 1 N–H and O–H groups in total. The molecule has 3 aromatic rings. The summed E-state index contributed by atoms with van der Waals surface area (Å²) in [5, 5.41) is 6.20. The van der Waals surface area contributed by atoms with E-state index in [1.54, 1.807) is 6.07 Å². The number of aryl methyl sites for hydroxylation is 1. The normalized spacial score (nSPS) is 13.9. The number of nitrogens with one attached hydrogen (secondary N) is 1. The van der Waals surface area contributed by atoms with Gasteiger partial charge in [-0.1, -0.05) is 12.1 Å². The van der Waals surface area contributed by atoms with Crippen LogP contribution in [0.15, 0.2) is 42.5 Å². The SMILES string of the molecule is Cn1nc(C(=O)Nc2c(F)cccc2F)cc1-c1cc(OC(F)(F)F)ccc1C1CC1. The molecule has 1 heterocycles. The summed E-state index contributed by atoms with van der Waals surface area (Å²) >= 11 is 0. The second kappa shape index (κ2) is 7.68. The van der Waals surface area contributed by atoms with E-state index < -0.39 is 35.3 Å². The van der Waals surface area contributed by atoms with E-state index in [0.717, 1.165) is 36.6 Å². The van der Waals surface area contributed by atoms with Crippen molar-refractivity contribution in [3.8, 4) is 17.0 Å². The monoisotopic (exact) mass is 437 g/mol. The van der Waals surface area contributed by atoms with Crippen molar-refractivity contribution in [2.75, 3.05) is 5.32 Å². The molecule has 5 nitrogen and oxygen atoms in total. The van der Waals surface area contributed by atoms with Gasteiger partial charge in [0, 0.05) is 12.6 Å². The van der Waals surface area contributed by atoms with E-state index in [1.165, 1.54) is 29.9 Å². The van der Waals surface area contributed by atoms with Crippen LogP contribution >= 0.6 is 0 Å². The highest BCUT2D eigenvalue weighted by Crippen LogP contribution is 2.45. The van der Waals surface area contributed by atoms with E-state index >= 15 is 0 Å². The molecule has 162 valence electrons. The Morgan fingerprint density at radius 1 is 1.13 bits per heavy atom. The van der Waals surface area contributed by atoms with Crippen molar-refractivity contribution in [3.63, 3.8) is 0 Å². The van der Waals surface area contributed by atoms with Gasteiger partial charge in [-0.05, 0) is 54.7 Å². The molecule has 31 heavy (non-hydrogen) atoms. The van der Waals surface area contributed by atoms with Crippen molar-refractivity contribution in [3.05, 3.63) is 65.4 Å². The summed E-state index contributed by atoms with van der Waals surface area (Å²) in [5.41, 5.74) is 0.858. The highest BCUT2D eigenvalue weighted by atomic mass is 19.4. The zero-order chi connectivity index (χ0) is 22.3. The minimum atomic E-state index is -4.85. The van der Waals surface area contributed by atoms with Crippen LogP contribution in [0.4, 0.5) is 27.6 Å². The lowest BCUT2D eigenvalue weighted by atomic mass is 10.00. The fraction of sp³-hybridized carbons (Fsp3) is 0.238. The van der Waals surface area contributed by atoms with E-state index in [2.05, 4.69) is 15.2 Å². The Morgan fingerprint density at radius 2 is 1.81 bits per heavy atom. The number of carbonyl (C=O) groups is 1. The molecule has 4 rings (SSSR count). The molecule has 1 aliphatic rings. The van der Waals surface area contributed by atoms with Gasteiger partial charge in [0.25, 0.3) is 5.91 Å². The average molecular weight is 437 g/mol. The highest BCUT2D eigenvalue weighted by molar-refractivity contribution is 6.03. The molecule has 0 atom stereocenters. The first-order valence-corrected chi connectivity index (χ1v) is 9.32. The Labute approximate surface area is 173 Å². The number of aromatic nitrogens is 2. The maximum absolute atomic E-state index is 13.8. The van der Waals surface area contributed by atoms with Gasteiger partial charge in [0.2, 0.25) is 0 Å². The van der Waals surface area contributed by atoms with Crippen LogP contribution in [0.1, 0.15) is 34.8 Å². The van der Waals surface area contributed by atoms with Crippen molar-refractivity contribution in [1.82, 2.24) is 9.78 Å². The number of benzene rings is 2. The summed E-state index contributed by atoms with van der Waals surface area (Å²) in [7, 11) is 1.52. The fourth-order valence-corrected chi connectivity index (χ4v) is 3.33. The van der Waals surface area contributed by atoms with Gasteiger partial charge in [-0.15, -0.1) is 13.2 Å². The quantitative estimate of drug-likeness (QED) is 0.545. The summed E-state index contributed by atoms with van der Waals surface area (Å²) in [6.07, 6.45) is -3.06. The lowest BCUT2D eigenvalue weighted by Crippen LogP contribution is -2.17. The van der Waals surface area contributed by atoms with Crippen LogP contribution in [0.2, 0.25) is 0 Å². The van der Waals surface area contributed by atoms with Gasteiger partial charge in [-0.3, -0.25) is 9.48 Å². The number of anilines is 1. The van der Waals surface area contributed by atoms with E-state index in [9.17, 15) is 26.7 Å². The van der Waals surface area contributed by atoms with Crippen molar-refractivity contribution in [2.24, 2.45) is 7.05 Å². The first kappa shape index (κ1) is 20.8. The Balaban J connectivity index is 1.68. The average Bonchev–Trinajstić information content (AvgIpc) is 3.45. The van der Waals surface area contributed by atoms with E-state index in [0.29, 0.717) is 11.3 Å². The zero-order valence-electron chi connectivity index (χ0n) is 16.1. The summed E-state index contributed by atoms with van der Waals surface area (Å²) in [5.74, 6) is -2.96. The predicted molar refractivity (Wildman–Crippen MR) is 102 cm³/mol. The molecule has 1 fully saturated rings. The zero-order valence-corrected chi connectivity index (χ0v) is 16.1. The molecular weight excluding hydrogens is 421 g/mol. The molecule has 10 heteroatoms. The molecule has 0 aliphatic heterocycles. The predicted octanol–water partition coefficient (Wildman–Crippen LogP) is 5.39. The smallest absolute Gasteiger partial charge is 0.406 e. The molecular formula is C21H16F5N3O2. The third kappa shape index (κ3) is 4.52. The fourth-order valence-electron chi connectivity index (χ4n) is 3.33. The molecule has 1 saturated carbocycles. The van der Waals surface area contributed by atoms with E-state index in [1.807, 2.05) is 0 Å². The number of para-hydroxylation sites is 1. The number of carbonyl (C=O) groups excluding carboxylic acids is 1. The van der Waals surface area contributed by atoms with Crippen molar-refractivity contribution in [1.29, 1.82) is 0 Å². The topological polar surface area (TPSA) is 56.2 Å². The van der Waals surface area contributed by atoms with E-state index in [4.69, 9.17) is 0 Å². The lowest BCUT2D eigenvalue weighted by molar-refractivity contribution is -0.274. The van der Waals surface area contributed by atoms with Crippen molar-refractivity contribution in [2.45, 2.75) is 25.1 Å². The van der Waals surface area contributed by atoms with Gasteiger partial charge in [-0.25, -0.2) is 8.78 Å². The third-order valence-electron chi connectivity index (χ3n) is 4.87. The number of hydrogen-bond acceptors (Lipinski definition) is 3. The van der Waals surface area contributed by atoms with Crippen LogP contribution in [0.5, 0.6) is 5.75 Å². The number of hydrogen-bond donors (Lipinski definition) is 1. The molecule has 0 spiro atoms. The number of rotatable bonds is 5. The standard InChI is InChI=1S/C21H16F5N3O2/c1-29-18(10-17(28-29)20(30)27-19-15(22)3-2-4-16(19)23)14-9-12(31-21(24,25)26)7-8-13(14)11-5-6-11/h2-4,7-11H,5-6H2,1H3,(H,27,30). The van der Waals surface area contributed by atoms with Crippen LogP contribution in [0.25, 0.3) is 11.3 Å². The number of alkyl halides is 3. The molecule has 1 aromatic heterocycles. The first-order chi connectivity index (χ1) is 14.6. The molecule has 1 aliphatic carbocycles. The Hall–Kier alpha value is -3.43. The van der Waals surface area contributed by atoms with Crippen molar-refractivity contribution < 1.29 is 31.5 Å². The minimum absolute atomic E-state index is 0.149. The Kier molecular flexibility index (Phi) is 5.16. The molecule has 0 unspecified atom stereocenters. The van der Waals surface area contributed by atoms with Gasteiger partial charge < -0.3 is 10.1 Å². The van der Waals surface area contributed by atoms with Gasteiger partial charge in [0.1, 0.15) is 23.1 Å². The second-order valence-electron chi connectivity index (χ2n) is 7.16. The van der Waals surface area contributed by atoms with Crippen LogP contribution in [0.3, 0.4) is 0 Å². The maximum Gasteiger partial charge on any atom is 0.573 e. The molecule has 1 amide bonds. The molecule has 0 saturated heterocycles. The highest BCUT2D eigenvalue weighted by Gasteiger charge is 2.33. The van der Waals surface area contributed by atoms with Gasteiger partial charge in [0.05, 0.1) is 5.69 Å². The molecule has 0 bridgehead atoms. The first-order valence-electron chi connectivity index (χ1n) is 9.32. The molecule has 2 aromatic carbocycles. The maximum atomic E-state index is 13.8. The van der Waals surface area contributed by atoms with Crippen LogP contribution < -0.4 is 10.1 Å². The lowest BCUT2D eigenvalue weighted by Gasteiger charge is -2.13. The second-order valence-corrected chi connectivity index (χ2v) is 7.16. The van der Waals surface area contributed by atoms with Gasteiger partial charge in [0.15, 0.2) is 5.69 Å². The Morgan fingerprint density at radius 3 is 2.42 bits per heavy atom. The third-order valence-corrected chi connectivity index (χ3v) is 4.87. The van der Waals surface area contributed by atoms with Crippen LogP contribution in [0, 0.1) is 11.6 Å². The van der Waals surface area contributed by atoms with Crippen LogP contribution in [-0.2, 0) is 7.05 Å². The molecule has 0 radical (unpaired) electrons. The van der Waals surface area contributed by atoms with Crippen LogP contribution in [-0.4, -0.2) is 22.1 Å². The van der Waals surface area contributed by atoms with E-state index in [-0.39, 0.29) is 11.6 Å². The summed E-state index contributed by atoms with van der Waals surface area (Å²) in [4.78, 5) is 12.5. The van der Waals surface area contributed by atoms with Crippen molar-refractivity contribution >= 4 is 11.6 Å². The van der Waals surface area contributed by atoms with Gasteiger partial charge in [-0.2, -0.15) is 5.10 Å². The minimum Gasteiger partial charge on any atom is -0.406 e. The summed E-state index contributed by atoms with van der Waals surface area (Å²) < 4.78 is 71.0. The number of ether oxygens (including phenoxy) is 1. The number of halogens is 5. The summed E-state index contributed by atoms with van der Waals surface area (Å²) in [6.45, 7) is 0. The largest absolute Gasteiger partial charge is 0.573 e. The summed E-state index contributed by atoms with van der Waals surface area (Å²) in [6, 6.07) is 8.57. The number of nitrogens with zero attached hydrogens (tertiary/aromatic N) is 2.